The second kappa shape index (κ2) is 7.73. The third-order valence-electron chi connectivity index (χ3n) is 4.16. The van der Waals surface area contributed by atoms with Crippen LogP contribution in [-0.4, -0.2) is 35.8 Å². The Kier molecular flexibility index (Phi) is 5.38. The number of benzene rings is 2. The third-order valence-corrected chi connectivity index (χ3v) is 6.02. The number of sulfonamides is 1. The standard InChI is InChI=1S/C19H19N3O4S/c1-2-11-22(12-10-14-6-4-3-5-7-14)27(25,26)15-8-9-16-17(13-15)21-19(24)18(23)20-16/h2-9,13H,1,10-12H2,(H,20,23)(H,21,24). The van der Waals surface area contributed by atoms with Gasteiger partial charge in [-0.3, -0.25) is 9.59 Å². The number of hydrogen-bond acceptors (Lipinski definition) is 4. The van der Waals surface area contributed by atoms with Crippen molar-refractivity contribution in [2.45, 2.75) is 11.3 Å². The molecule has 0 saturated heterocycles. The zero-order valence-electron chi connectivity index (χ0n) is 14.5. The van der Waals surface area contributed by atoms with E-state index < -0.39 is 21.1 Å². The van der Waals surface area contributed by atoms with E-state index in [4.69, 9.17) is 0 Å². The van der Waals surface area contributed by atoms with Crippen molar-refractivity contribution < 1.29 is 8.42 Å². The summed E-state index contributed by atoms with van der Waals surface area (Å²) < 4.78 is 27.4. The number of aromatic nitrogens is 2. The summed E-state index contributed by atoms with van der Waals surface area (Å²) in [6.07, 6.45) is 2.09. The van der Waals surface area contributed by atoms with Gasteiger partial charge in [-0.2, -0.15) is 4.31 Å². The maximum atomic E-state index is 13.1. The molecule has 2 aromatic carbocycles. The lowest BCUT2D eigenvalue weighted by Gasteiger charge is -2.21. The normalized spacial score (nSPS) is 11.7. The van der Waals surface area contributed by atoms with Gasteiger partial charge < -0.3 is 9.97 Å². The van der Waals surface area contributed by atoms with Crippen LogP contribution in [0.1, 0.15) is 5.56 Å². The molecule has 27 heavy (non-hydrogen) atoms. The van der Waals surface area contributed by atoms with Crippen molar-refractivity contribution in [1.29, 1.82) is 0 Å². The van der Waals surface area contributed by atoms with E-state index >= 15 is 0 Å². The highest BCUT2D eigenvalue weighted by Gasteiger charge is 2.23. The van der Waals surface area contributed by atoms with Crippen molar-refractivity contribution in [2.75, 3.05) is 13.1 Å². The minimum atomic E-state index is -3.80. The summed E-state index contributed by atoms with van der Waals surface area (Å²) in [6, 6.07) is 13.8. The molecule has 2 N–H and O–H groups in total. The summed E-state index contributed by atoms with van der Waals surface area (Å²) in [5, 5.41) is 0. The van der Waals surface area contributed by atoms with Gasteiger partial charge in [0.15, 0.2) is 0 Å². The monoisotopic (exact) mass is 385 g/mol. The second-order valence-corrected chi connectivity index (χ2v) is 7.94. The maximum Gasteiger partial charge on any atom is 0.314 e. The van der Waals surface area contributed by atoms with Crippen molar-refractivity contribution in [3.63, 3.8) is 0 Å². The highest BCUT2D eigenvalue weighted by Crippen LogP contribution is 2.19. The fraction of sp³-hybridized carbons (Fsp3) is 0.158. The maximum absolute atomic E-state index is 13.1. The second-order valence-electron chi connectivity index (χ2n) is 6.00. The van der Waals surface area contributed by atoms with E-state index in [0.29, 0.717) is 18.5 Å². The molecule has 0 aliphatic rings. The van der Waals surface area contributed by atoms with Crippen LogP contribution in [0.3, 0.4) is 0 Å². The van der Waals surface area contributed by atoms with Gasteiger partial charge in [-0.05, 0) is 30.2 Å². The first-order valence-corrected chi connectivity index (χ1v) is 9.77. The van der Waals surface area contributed by atoms with Gasteiger partial charge in [0.2, 0.25) is 10.0 Å². The number of nitrogens with zero attached hydrogens (tertiary/aromatic N) is 1. The van der Waals surface area contributed by atoms with E-state index in [-0.39, 0.29) is 17.0 Å². The van der Waals surface area contributed by atoms with Crippen LogP contribution in [0.4, 0.5) is 0 Å². The van der Waals surface area contributed by atoms with E-state index in [9.17, 15) is 18.0 Å². The molecule has 140 valence electrons. The summed E-state index contributed by atoms with van der Waals surface area (Å²) >= 11 is 0. The van der Waals surface area contributed by atoms with E-state index in [0.717, 1.165) is 5.56 Å². The largest absolute Gasteiger partial charge is 0.316 e. The number of hydrogen-bond donors (Lipinski definition) is 2. The quantitative estimate of drug-likeness (QED) is 0.477. The lowest BCUT2D eigenvalue weighted by Crippen LogP contribution is -2.33. The average molecular weight is 385 g/mol. The van der Waals surface area contributed by atoms with Crippen LogP contribution in [0.2, 0.25) is 0 Å². The molecule has 3 aromatic rings. The van der Waals surface area contributed by atoms with Crippen LogP contribution in [0.25, 0.3) is 11.0 Å². The van der Waals surface area contributed by atoms with Crippen LogP contribution in [0.5, 0.6) is 0 Å². The summed E-state index contributed by atoms with van der Waals surface area (Å²) in [6.45, 7) is 4.09. The predicted octanol–water partition coefficient (Wildman–Crippen LogP) is 1.64. The first-order valence-electron chi connectivity index (χ1n) is 8.33. The summed E-state index contributed by atoms with van der Waals surface area (Å²) in [7, 11) is -3.80. The van der Waals surface area contributed by atoms with Crippen LogP contribution < -0.4 is 11.1 Å². The van der Waals surface area contributed by atoms with Gasteiger partial charge in [-0.15, -0.1) is 6.58 Å². The predicted molar refractivity (Wildman–Crippen MR) is 104 cm³/mol. The highest BCUT2D eigenvalue weighted by molar-refractivity contribution is 7.89. The molecule has 1 aromatic heterocycles. The summed E-state index contributed by atoms with van der Waals surface area (Å²) in [4.78, 5) is 27.8. The third kappa shape index (κ3) is 4.07. The molecule has 0 atom stereocenters. The SMILES string of the molecule is C=CCN(CCc1ccccc1)S(=O)(=O)c1ccc2[nH]c(=O)c(=O)[nH]c2c1. The van der Waals surface area contributed by atoms with Gasteiger partial charge in [0.05, 0.1) is 15.9 Å². The average Bonchev–Trinajstić information content (AvgIpc) is 2.66. The van der Waals surface area contributed by atoms with E-state index in [1.165, 1.54) is 28.6 Å². The number of fused-ring (bicyclic) bond motifs is 1. The molecule has 1 heterocycles. The zero-order valence-corrected chi connectivity index (χ0v) is 15.3. The van der Waals surface area contributed by atoms with Crippen LogP contribution in [-0.2, 0) is 16.4 Å². The topological polar surface area (TPSA) is 103 Å². The minimum absolute atomic E-state index is 0.0348. The molecule has 0 fully saturated rings. The fourth-order valence-corrected chi connectivity index (χ4v) is 4.19. The molecule has 3 rings (SSSR count). The van der Waals surface area contributed by atoms with Gasteiger partial charge in [-0.25, -0.2) is 8.42 Å². The van der Waals surface area contributed by atoms with E-state index in [1.807, 2.05) is 30.3 Å². The fourth-order valence-electron chi connectivity index (χ4n) is 2.76. The van der Waals surface area contributed by atoms with Crippen molar-refractivity contribution in [3.8, 4) is 0 Å². The van der Waals surface area contributed by atoms with Crippen LogP contribution in [0, 0.1) is 0 Å². The Morgan fingerprint density at radius 2 is 1.63 bits per heavy atom. The highest BCUT2D eigenvalue weighted by atomic mass is 32.2. The molecule has 8 heteroatoms. The Bertz CT molecular complexity index is 1180. The number of H-pyrrole nitrogens is 2. The van der Waals surface area contributed by atoms with E-state index in [1.54, 1.807) is 0 Å². The molecule has 7 nitrogen and oxygen atoms in total. The Morgan fingerprint density at radius 3 is 2.30 bits per heavy atom. The molecule has 0 saturated carbocycles. The Morgan fingerprint density at radius 1 is 0.963 bits per heavy atom. The van der Waals surface area contributed by atoms with E-state index in [2.05, 4.69) is 16.5 Å². The lowest BCUT2D eigenvalue weighted by atomic mass is 10.1. The Hall–Kier alpha value is -2.97. The minimum Gasteiger partial charge on any atom is -0.316 e. The number of aromatic amines is 2. The van der Waals surface area contributed by atoms with Crippen molar-refractivity contribution in [3.05, 3.63) is 87.5 Å². The smallest absolute Gasteiger partial charge is 0.314 e. The molecular formula is C19H19N3O4S. The zero-order chi connectivity index (χ0) is 19.4. The summed E-state index contributed by atoms with van der Waals surface area (Å²) in [5.74, 6) is 0. The molecular weight excluding hydrogens is 366 g/mol. The van der Waals surface area contributed by atoms with Crippen molar-refractivity contribution in [2.24, 2.45) is 0 Å². The first-order chi connectivity index (χ1) is 12.9. The van der Waals surface area contributed by atoms with Gasteiger partial charge >= 0.3 is 11.1 Å². The number of nitrogens with one attached hydrogen (secondary N) is 2. The summed E-state index contributed by atoms with van der Waals surface area (Å²) in [5.41, 5.74) is 0.0286. The van der Waals surface area contributed by atoms with Crippen molar-refractivity contribution >= 4 is 21.1 Å². The van der Waals surface area contributed by atoms with Crippen LogP contribution >= 0.6 is 0 Å². The van der Waals surface area contributed by atoms with Crippen LogP contribution in [0.15, 0.2) is 75.7 Å². The van der Waals surface area contributed by atoms with Gasteiger partial charge in [0, 0.05) is 13.1 Å². The Labute approximate surface area is 156 Å². The molecule has 0 radical (unpaired) electrons. The van der Waals surface area contributed by atoms with Gasteiger partial charge in [0.1, 0.15) is 0 Å². The molecule has 0 unspecified atom stereocenters. The molecule has 0 spiro atoms. The molecule has 0 bridgehead atoms. The van der Waals surface area contributed by atoms with Crippen molar-refractivity contribution in [1.82, 2.24) is 14.3 Å². The molecule has 0 amide bonds. The van der Waals surface area contributed by atoms with Gasteiger partial charge in [-0.1, -0.05) is 36.4 Å². The number of rotatable bonds is 7. The first kappa shape index (κ1) is 18.8. The molecule has 0 aliphatic heterocycles. The lowest BCUT2D eigenvalue weighted by molar-refractivity contribution is 0.445. The molecule has 0 aliphatic carbocycles. The van der Waals surface area contributed by atoms with Gasteiger partial charge in [0.25, 0.3) is 0 Å². The Balaban J connectivity index is 1.94.